The number of hydrogen-bond donors (Lipinski definition) is 2. The van der Waals surface area contributed by atoms with Crippen LogP contribution in [-0.2, 0) is 0 Å². The fourth-order valence-corrected chi connectivity index (χ4v) is 5.13. The summed E-state index contributed by atoms with van der Waals surface area (Å²) in [6.07, 6.45) is 14.4. The van der Waals surface area contributed by atoms with Crippen molar-refractivity contribution in [2.45, 2.75) is 102 Å². The van der Waals surface area contributed by atoms with Crippen LogP contribution in [-0.4, -0.2) is 47.3 Å². The lowest BCUT2D eigenvalue weighted by Crippen LogP contribution is -2.52. The Hall–Kier alpha value is -0.120. The van der Waals surface area contributed by atoms with Crippen LogP contribution in [0, 0.1) is 5.92 Å². The fourth-order valence-electron chi connectivity index (χ4n) is 5.13. The lowest BCUT2D eigenvalue weighted by atomic mass is 9.89. The predicted octanol–water partition coefficient (Wildman–Crippen LogP) is 3.31. The summed E-state index contributed by atoms with van der Waals surface area (Å²) >= 11 is 0. The number of piperidine rings is 1. The normalized spacial score (nSPS) is 34.1. The van der Waals surface area contributed by atoms with Crippen molar-refractivity contribution in [2.24, 2.45) is 5.92 Å². The molecular formula is C19H36N2O. The van der Waals surface area contributed by atoms with E-state index in [1.807, 2.05) is 0 Å². The lowest BCUT2D eigenvalue weighted by molar-refractivity contribution is 0.00657. The topological polar surface area (TPSA) is 35.5 Å². The van der Waals surface area contributed by atoms with E-state index in [0.29, 0.717) is 18.1 Å². The SMILES string of the molecule is CC(CC1CCCC1)NC1CCN(C2CCCCC2O)CC1. The number of nitrogens with one attached hydrogen (secondary N) is 1. The zero-order valence-corrected chi connectivity index (χ0v) is 14.5. The summed E-state index contributed by atoms with van der Waals surface area (Å²) in [6, 6.07) is 1.83. The van der Waals surface area contributed by atoms with Gasteiger partial charge in [0.1, 0.15) is 0 Å². The van der Waals surface area contributed by atoms with Gasteiger partial charge in [-0.25, -0.2) is 0 Å². The Kier molecular flexibility index (Phi) is 6.17. The molecule has 1 heterocycles. The van der Waals surface area contributed by atoms with Crippen LogP contribution >= 0.6 is 0 Å². The van der Waals surface area contributed by atoms with Crippen LogP contribution in [0.25, 0.3) is 0 Å². The summed E-state index contributed by atoms with van der Waals surface area (Å²) in [4.78, 5) is 2.57. The van der Waals surface area contributed by atoms with Gasteiger partial charge in [-0.2, -0.15) is 0 Å². The molecule has 1 saturated heterocycles. The molecule has 2 saturated carbocycles. The number of nitrogens with zero attached hydrogens (tertiary/aromatic N) is 1. The van der Waals surface area contributed by atoms with E-state index >= 15 is 0 Å². The number of aliphatic hydroxyl groups excluding tert-OH is 1. The van der Waals surface area contributed by atoms with Crippen LogP contribution in [0.3, 0.4) is 0 Å². The van der Waals surface area contributed by atoms with Gasteiger partial charge in [-0.1, -0.05) is 38.5 Å². The van der Waals surface area contributed by atoms with E-state index in [1.54, 1.807) is 0 Å². The largest absolute Gasteiger partial charge is 0.391 e. The van der Waals surface area contributed by atoms with Crippen molar-refractivity contribution in [1.82, 2.24) is 10.2 Å². The van der Waals surface area contributed by atoms with E-state index < -0.39 is 0 Å². The van der Waals surface area contributed by atoms with Crippen LogP contribution in [0.15, 0.2) is 0 Å². The minimum atomic E-state index is -0.0699. The minimum Gasteiger partial charge on any atom is -0.391 e. The van der Waals surface area contributed by atoms with E-state index in [4.69, 9.17) is 0 Å². The monoisotopic (exact) mass is 308 g/mol. The van der Waals surface area contributed by atoms with Crippen LogP contribution in [0.5, 0.6) is 0 Å². The van der Waals surface area contributed by atoms with Gasteiger partial charge in [0.2, 0.25) is 0 Å². The molecule has 0 amide bonds. The highest BCUT2D eigenvalue weighted by atomic mass is 16.3. The second-order valence-electron chi connectivity index (χ2n) is 8.18. The highest BCUT2D eigenvalue weighted by Crippen LogP contribution is 2.29. The maximum absolute atomic E-state index is 10.2. The minimum absolute atomic E-state index is 0.0699. The Morgan fingerprint density at radius 1 is 0.955 bits per heavy atom. The van der Waals surface area contributed by atoms with E-state index in [0.717, 1.165) is 12.3 Å². The Morgan fingerprint density at radius 3 is 2.27 bits per heavy atom. The van der Waals surface area contributed by atoms with Crippen molar-refractivity contribution >= 4 is 0 Å². The highest BCUT2D eigenvalue weighted by molar-refractivity contribution is 4.88. The van der Waals surface area contributed by atoms with Crippen molar-refractivity contribution < 1.29 is 5.11 Å². The molecule has 0 aromatic carbocycles. The summed E-state index contributed by atoms with van der Waals surface area (Å²) < 4.78 is 0. The van der Waals surface area contributed by atoms with Gasteiger partial charge in [0, 0.05) is 31.2 Å². The maximum atomic E-state index is 10.2. The summed E-state index contributed by atoms with van der Waals surface area (Å²) in [7, 11) is 0. The average Bonchev–Trinajstić information content (AvgIpc) is 3.01. The standard InChI is InChI=1S/C19H36N2O/c1-15(14-16-6-2-3-7-16)20-17-10-12-21(13-11-17)18-8-4-5-9-19(18)22/h15-20,22H,2-14H2,1H3. The molecule has 2 aliphatic carbocycles. The van der Waals surface area contributed by atoms with Crippen molar-refractivity contribution in [2.75, 3.05) is 13.1 Å². The van der Waals surface area contributed by atoms with Gasteiger partial charge in [0.05, 0.1) is 6.10 Å². The first kappa shape index (κ1) is 16.7. The summed E-state index contributed by atoms with van der Waals surface area (Å²) in [5, 5.41) is 14.1. The quantitative estimate of drug-likeness (QED) is 0.818. The third kappa shape index (κ3) is 4.46. The molecule has 128 valence electrons. The number of likely N-dealkylation sites (tertiary alicyclic amines) is 1. The molecule has 3 unspecified atom stereocenters. The molecule has 1 aliphatic heterocycles. The Morgan fingerprint density at radius 2 is 1.59 bits per heavy atom. The summed E-state index contributed by atoms with van der Waals surface area (Å²) in [6.45, 7) is 4.74. The molecule has 2 N–H and O–H groups in total. The van der Waals surface area contributed by atoms with Gasteiger partial charge in [0.25, 0.3) is 0 Å². The third-order valence-electron chi connectivity index (χ3n) is 6.37. The number of rotatable bonds is 5. The van der Waals surface area contributed by atoms with Crippen LogP contribution in [0.4, 0.5) is 0 Å². The van der Waals surface area contributed by atoms with E-state index in [-0.39, 0.29) is 6.10 Å². The molecule has 0 spiro atoms. The van der Waals surface area contributed by atoms with Crippen molar-refractivity contribution in [1.29, 1.82) is 0 Å². The molecule has 3 fully saturated rings. The zero-order valence-electron chi connectivity index (χ0n) is 14.5. The summed E-state index contributed by atoms with van der Waals surface area (Å²) in [5.41, 5.74) is 0. The first-order valence-electron chi connectivity index (χ1n) is 9.90. The molecule has 0 aromatic heterocycles. The van der Waals surface area contributed by atoms with Crippen LogP contribution in [0.1, 0.15) is 77.6 Å². The lowest BCUT2D eigenvalue weighted by Gasteiger charge is -2.42. The molecule has 0 radical (unpaired) electrons. The third-order valence-corrected chi connectivity index (χ3v) is 6.37. The van der Waals surface area contributed by atoms with Crippen molar-refractivity contribution in [3.05, 3.63) is 0 Å². The Labute approximate surface area is 136 Å². The molecule has 3 heteroatoms. The average molecular weight is 309 g/mol. The van der Waals surface area contributed by atoms with Gasteiger partial charge < -0.3 is 10.4 Å². The van der Waals surface area contributed by atoms with E-state index in [2.05, 4.69) is 17.1 Å². The van der Waals surface area contributed by atoms with Gasteiger partial charge in [-0.15, -0.1) is 0 Å². The molecule has 0 bridgehead atoms. The molecular weight excluding hydrogens is 272 g/mol. The molecule has 3 aliphatic rings. The van der Waals surface area contributed by atoms with Gasteiger partial charge in [-0.05, 0) is 44.9 Å². The van der Waals surface area contributed by atoms with Gasteiger partial charge in [0.15, 0.2) is 0 Å². The second kappa shape index (κ2) is 8.12. The van der Waals surface area contributed by atoms with Gasteiger partial charge in [-0.3, -0.25) is 4.90 Å². The van der Waals surface area contributed by atoms with Crippen LogP contribution < -0.4 is 5.32 Å². The Balaban J connectivity index is 1.37. The highest BCUT2D eigenvalue weighted by Gasteiger charge is 2.31. The maximum Gasteiger partial charge on any atom is 0.0695 e. The van der Waals surface area contributed by atoms with Crippen molar-refractivity contribution in [3.63, 3.8) is 0 Å². The first-order chi connectivity index (χ1) is 10.7. The van der Waals surface area contributed by atoms with Crippen molar-refractivity contribution in [3.8, 4) is 0 Å². The fraction of sp³-hybridized carbons (Fsp3) is 1.00. The molecule has 3 nitrogen and oxygen atoms in total. The number of hydrogen-bond acceptors (Lipinski definition) is 3. The van der Waals surface area contributed by atoms with E-state index in [9.17, 15) is 5.11 Å². The van der Waals surface area contributed by atoms with Gasteiger partial charge >= 0.3 is 0 Å². The summed E-state index contributed by atoms with van der Waals surface area (Å²) in [5.74, 6) is 0.986. The molecule has 0 aromatic rings. The zero-order chi connectivity index (χ0) is 15.4. The number of aliphatic hydroxyl groups is 1. The predicted molar refractivity (Wildman–Crippen MR) is 92.0 cm³/mol. The second-order valence-corrected chi connectivity index (χ2v) is 8.18. The smallest absolute Gasteiger partial charge is 0.0695 e. The molecule has 22 heavy (non-hydrogen) atoms. The first-order valence-corrected chi connectivity index (χ1v) is 9.90. The Bertz CT molecular complexity index is 321. The van der Waals surface area contributed by atoms with E-state index in [1.165, 1.54) is 77.3 Å². The molecule has 3 rings (SSSR count). The van der Waals surface area contributed by atoms with Crippen LogP contribution in [0.2, 0.25) is 0 Å². The molecule has 3 atom stereocenters.